The molecule has 1 fully saturated rings. The topological polar surface area (TPSA) is 55.8 Å². The molecule has 33 heavy (non-hydrogen) atoms. The molecule has 2 aromatic rings. The fraction of sp³-hybridized carbons (Fsp3) is 0.391. The minimum atomic E-state index is -2.29. The summed E-state index contributed by atoms with van der Waals surface area (Å²) in [6, 6.07) is 5.61. The Hall–Kier alpha value is -3.17. The third-order valence-electron chi connectivity index (χ3n) is 5.58. The number of likely N-dealkylation sites (tertiary alicyclic amines) is 1. The van der Waals surface area contributed by atoms with Gasteiger partial charge >= 0.3 is 5.97 Å². The lowest BCUT2D eigenvalue weighted by Crippen LogP contribution is -2.49. The molecular formula is C23H22F5NO4. The van der Waals surface area contributed by atoms with Crippen molar-refractivity contribution in [2.45, 2.75) is 51.8 Å². The second kappa shape index (κ2) is 10.2. The molecular weight excluding hydrogens is 449 g/mol. The fourth-order valence-electron chi connectivity index (χ4n) is 3.82. The molecule has 0 spiro atoms. The summed E-state index contributed by atoms with van der Waals surface area (Å²) >= 11 is 0. The molecule has 178 valence electrons. The molecule has 2 atom stereocenters. The summed E-state index contributed by atoms with van der Waals surface area (Å²) in [5.74, 6) is -11.6. The zero-order chi connectivity index (χ0) is 24.3. The van der Waals surface area contributed by atoms with Crippen LogP contribution >= 0.6 is 0 Å². The Morgan fingerprint density at radius 2 is 1.39 bits per heavy atom. The van der Waals surface area contributed by atoms with Crippen LogP contribution in [0.2, 0.25) is 0 Å². The molecule has 1 amide bonds. The lowest BCUT2D eigenvalue weighted by molar-refractivity contribution is -0.139. The van der Waals surface area contributed by atoms with Gasteiger partial charge in [-0.05, 0) is 57.4 Å². The number of hydrogen-bond donors (Lipinski definition) is 0. The first kappa shape index (κ1) is 24.5. The molecule has 0 aromatic heterocycles. The molecule has 0 radical (unpaired) electrons. The van der Waals surface area contributed by atoms with Gasteiger partial charge in [-0.2, -0.15) is 0 Å². The summed E-state index contributed by atoms with van der Waals surface area (Å²) in [7, 11) is 0. The van der Waals surface area contributed by atoms with E-state index in [4.69, 9.17) is 9.47 Å². The third kappa shape index (κ3) is 5.26. The van der Waals surface area contributed by atoms with E-state index in [2.05, 4.69) is 0 Å². The third-order valence-corrected chi connectivity index (χ3v) is 5.58. The van der Waals surface area contributed by atoms with Gasteiger partial charge in [0.25, 0.3) is 5.91 Å². The summed E-state index contributed by atoms with van der Waals surface area (Å²) < 4.78 is 77.1. The molecule has 10 heteroatoms. The second-order valence-corrected chi connectivity index (χ2v) is 7.87. The zero-order valence-corrected chi connectivity index (χ0v) is 18.0. The van der Waals surface area contributed by atoms with Gasteiger partial charge in [-0.15, -0.1) is 0 Å². The number of piperidine rings is 1. The van der Waals surface area contributed by atoms with E-state index in [1.165, 1.54) is 24.3 Å². The molecule has 5 nitrogen and oxygen atoms in total. The van der Waals surface area contributed by atoms with Crippen molar-refractivity contribution in [2.75, 3.05) is 6.61 Å². The minimum absolute atomic E-state index is 0.0455. The molecule has 1 saturated heterocycles. The maximum atomic E-state index is 13.7. The largest absolute Gasteiger partial charge is 0.484 e. The standard InChI is InChI=1S/C23H22F5NO4/c1-12-4-3-5-13(2)29(12)17(30)11-32-15-8-6-14(7-9-15)23(31)33-10-16-18(24)20(26)22(28)21(27)19(16)25/h6-9,12-13H,3-5,10-11H2,1-2H3/t12-,13+. The molecule has 0 aliphatic carbocycles. The quantitative estimate of drug-likeness (QED) is 0.260. The summed E-state index contributed by atoms with van der Waals surface area (Å²) in [6.07, 6.45) is 2.92. The zero-order valence-electron chi connectivity index (χ0n) is 18.0. The summed E-state index contributed by atoms with van der Waals surface area (Å²) in [5, 5.41) is 0. The van der Waals surface area contributed by atoms with Gasteiger partial charge in [0.05, 0.1) is 11.1 Å². The van der Waals surface area contributed by atoms with Crippen LogP contribution in [0, 0.1) is 29.1 Å². The highest BCUT2D eigenvalue weighted by Crippen LogP contribution is 2.25. The monoisotopic (exact) mass is 471 g/mol. The predicted octanol–water partition coefficient (Wildman–Crippen LogP) is 4.91. The lowest BCUT2D eigenvalue weighted by Gasteiger charge is -2.38. The van der Waals surface area contributed by atoms with E-state index in [1.54, 1.807) is 4.90 Å². The van der Waals surface area contributed by atoms with Gasteiger partial charge in [-0.1, -0.05) is 0 Å². The van der Waals surface area contributed by atoms with Crippen molar-refractivity contribution < 1.29 is 41.0 Å². The maximum absolute atomic E-state index is 13.7. The van der Waals surface area contributed by atoms with Crippen LogP contribution in [0.4, 0.5) is 22.0 Å². The van der Waals surface area contributed by atoms with E-state index in [9.17, 15) is 31.5 Å². The van der Waals surface area contributed by atoms with Crippen molar-refractivity contribution in [3.63, 3.8) is 0 Å². The van der Waals surface area contributed by atoms with Gasteiger partial charge in [0.15, 0.2) is 29.9 Å². The Morgan fingerprint density at radius 3 is 1.94 bits per heavy atom. The number of nitrogens with zero attached hydrogens (tertiary/aromatic N) is 1. The van der Waals surface area contributed by atoms with E-state index < -0.39 is 47.2 Å². The molecule has 0 N–H and O–H groups in total. The smallest absolute Gasteiger partial charge is 0.338 e. The highest BCUT2D eigenvalue weighted by molar-refractivity contribution is 5.89. The van der Waals surface area contributed by atoms with E-state index >= 15 is 0 Å². The molecule has 0 bridgehead atoms. The van der Waals surface area contributed by atoms with Crippen molar-refractivity contribution >= 4 is 11.9 Å². The van der Waals surface area contributed by atoms with Crippen LogP contribution in [0.3, 0.4) is 0 Å². The Kier molecular flexibility index (Phi) is 7.55. The first-order valence-corrected chi connectivity index (χ1v) is 10.3. The van der Waals surface area contributed by atoms with Crippen LogP contribution in [0.5, 0.6) is 5.75 Å². The number of halogens is 5. The molecule has 3 rings (SSSR count). The highest BCUT2D eigenvalue weighted by Gasteiger charge is 2.29. The van der Waals surface area contributed by atoms with Gasteiger partial charge in [0, 0.05) is 12.1 Å². The van der Waals surface area contributed by atoms with Gasteiger partial charge in [-0.3, -0.25) is 4.79 Å². The van der Waals surface area contributed by atoms with Crippen LogP contribution in [0.25, 0.3) is 0 Å². The SMILES string of the molecule is C[C@@H]1CCC[C@H](C)N1C(=O)COc1ccc(C(=O)OCc2c(F)c(F)c(F)c(F)c2F)cc1. The van der Waals surface area contributed by atoms with Crippen molar-refractivity contribution in [3.05, 3.63) is 64.5 Å². The Balaban J connectivity index is 1.58. The van der Waals surface area contributed by atoms with Gasteiger partial charge in [0.2, 0.25) is 5.82 Å². The maximum Gasteiger partial charge on any atom is 0.338 e. The lowest BCUT2D eigenvalue weighted by atomic mass is 9.97. The summed E-state index contributed by atoms with van der Waals surface area (Å²) in [5.41, 5.74) is -1.30. The average Bonchev–Trinajstić information content (AvgIpc) is 2.80. The van der Waals surface area contributed by atoms with Gasteiger partial charge < -0.3 is 14.4 Å². The second-order valence-electron chi connectivity index (χ2n) is 7.87. The number of amides is 1. The number of carbonyl (C=O) groups excluding carboxylic acids is 2. The van der Waals surface area contributed by atoms with E-state index in [-0.39, 0.29) is 30.2 Å². The number of esters is 1. The highest BCUT2D eigenvalue weighted by atomic mass is 19.2. The van der Waals surface area contributed by atoms with E-state index in [0.717, 1.165) is 19.3 Å². The predicted molar refractivity (Wildman–Crippen MR) is 107 cm³/mol. The number of benzene rings is 2. The van der Waals surface area contributed by atoms with E-state index in [1.807, 2.05) is 13.8 Å². The van der Waals surface area contributed by atoms with Crippen molar-refractivity contribution in [1.82, 2.24) is 4.90 Å². The van der Waals surface area contributed by atoms with Crippen molar-refractivity contribution in [1.29, 1.82) is 0 Å². The van der Waals surface area contributed by atoms with Gasteiger partial charge in [0.1, 0.15) is 12.4 Å². The first-order chi connectivity index (χ1) is 15.6. The molecule has 0 unspecified atom stereocenters. The Labute approximate surface area is 187 Å². The van der Waals surface area contributed by atoms with E-state index in [0.29, 0.717) is 5.75 Å². The number of ether oxygens (including phenoxy) is 2. The Bertz CT molecular complexity index is 1010. The van der Waals surface area contributed by atoms with Crippen LogP contribution in [-0.2, 0) is 16.1 Å². The van der Waals surface area contributed by atoms with Crippen LogP contribution < -0.4 is 4.74 Å². The van der Waals surface area contributed by atoms with Crippen molar-refractivity contribution in [2.24, 2.45) is 0 Å². The van der Waals surface area contributed by atoms with Gasteiger partial charge in [-0.25, -0.2) is 26.7 Å². The summed E-state index contributed by atoms with van der Waals surface area (Å²) in [4.78, 5) is 26.4. The number of rotatable bonds is 6. The molecule has 1 aliphatic rings. The fourth-order valence-corrected chi connectivity index (χ4v) is 3.82. The molecule has 1 heterocycles. The molecule has 1 aliphatic heterocycles. The normalized spacial score (nSPS) is 18.2. The summed E-state index contributed by atoms with van der Waals surface area (Å²) in [6.45, 7) is 2.64. The van der Waals surface area contributed by atoms with Crippen LogP contribution in [-0.4, -0.2) is 35.5 Å². The van der Waals surface area contributed by atoms with Crippen molar-refractivity contribution in [3.8, 4) is 5.75 Å². The minimum Gasteiger partial charge on any atom is -0.484 e. The Morgan fingerprint density at radius 1 is 0.879 bits per heavy atom. The number of carbonyl (C=O) groups is 2. The van der Waals surface area contributed by atoms with Crippen LogP contribution in [0.15, 0.2) is 24.3 Å². The molecule has 2 aromatic carbocycles. The average molecular weight is 471 g/mol. The molecule has 0 saturated carbocycles. The first-order valence-electron chi connectivity index (χ1n) is 10.3. The number of hydrogen-bond acceptors (Lipinski definition) is 4. The van der Waals surface area contributed by atoms with Crippen LogP contribution in [0.1, 0.15) is 49.0 Å².